The number of nitrogens with one attached hydrogen (secondary N) is 1. The zero-order valence-corrected chi connectivity index (χ0v) is 12.1. The van der Waals surface area contributed by atoms with Crippen LogP contribution in [0.2, 0.25) is 0 Å². The molecule has 2 unspecified atom stereocenters. The van der Waals surface area contributed by atoms with Gasteiger partial charge in [-0.3, -0.25) is 4.79 Å². The second-order valence-electron chi connectivity index (χ2n) is 5.66. The lowest BCUT2D eigenvalue weighted by atomic mass is 9.89. The maximum absolute atomic E-state index is 14.1. The summed E-state index contributed by atoms with van der Waals surface area (Å²) in [7, 11) is 1.61. The number of hydrogen-bond donors (Lipinski definition) is 2. The second-order valence-corrected chi connectivity index (χ2v) is 5.66. The molecule has 2 N–H and O–H groups in total. The molecule has 1 aromatic carbocycles. The Bertz CT molecular complexity index is 519. The highest BCUT2D eigenvalue weighted by molar-refractivity contribution is 5.83. The first-order valence-electron chi connectivity index (χ1n) is 6.82. The van der Waals surface area contributed by atoms with Gasteiger partial charge >= 0.3 is 0 Å². The second kappa shape index (κ2) is 5.40. The molecule has 1 aliphatic rings. The van der Waals surface area contributed by atoms with Gasteiger partial charge in [0.1, 0.15) is 5.82 Å². The Labute approximate surface area is 118 Å². The number of carbonyl (C=O) groups is 1. The van der Waals surface area contributed by atoms with Gasteiger partial charge in [-0.2, -0.15) is 0 Å². The van der Waals surface area contributed by atoms with E-state index in [0.29, 0.717) is 30.8 Å². The van der Waals surface area contributed by atoms with Crippen molar-refractivity contribution in [3.05, 3.63) is 29.6 Å². The fourth-order valence-corrected chi connectivity index (χ4v) is 2.84. The van der Waals surface area contributed by atoms with Crippen molar-refractivity contribution in [1.29, 1.82) is 0 Å². The molecule has 0 bridgehead atoms. The van der Waals surface area contributed by atoms with E-state index < -0.39 is 11.5 Å². The summed E-state index contributed by atoms with van der Waals surface area (Å²) in [6.45, 7) is 4.55. The van der Waals surface area contributed by atoms with E-state index in [-0.39, 0.29) is 11.7 Å². The lowest BCUT2D eigenvalue weighted by Gasteiger charge is -2.26. The Hall–Kier alpha value is -1.62. The van der Waals surface area contributed by atoms with Crippen molar-refractivity contribution in [1.82, 2.24) is 5.32 Å². The van der Waals surface area contributed by atoms with Crippen LogP contribution in [0.5, 0.6) is 0 Å². The molecule has 1 aliphatic heterocycles. The van der Waals surface area contributed by atoms with Gasteiger partial charge in [0.25, 0.3) is 0 Å². The van der Waals surface area contributed by atoms with Crippen LogP contribution < -0.4 is 10.2 Å². The smallest absolute Gasteiger partial charge is 0.227 e. The third kappa shape index (κ3) is 2.50. The number of amides is 1. The first-order chi connectivity index (χ1) is 9.39. The quantitative estimate of drug-likeness (QED) is 0.888. The van der Waals surface area contributed by atoms with E-state index >= 15 is 0 Å². The van der Waals surface area contributed by atoms with Crippen LogP contribution in [0, 0.1) is 11.2 Å². The average molecular weight is 280 g/mol. The molecule has 2 rings (SSSR count). The van der Waals surface area contributed by atoms with Crippen molar-refractivity contribution in [2.45, 2.75) is 26.4 Å². The lowest BCUT2D eigenvalue weighted by molar-refractivity contribution is -0.128. The molecule has 20 heavy (non-hydrogen) atoms. The molecule has 2 atom stereocenters. The predicted molar refractivity (Wildman–Crippen MR) is 76.0 cm³/mol. The topological polar surface area (TPSA) is 52.6 Å². The average Bonchev–Trinajstić information content (AvgIpc) is 2.81. The van der Waals surface area contributed by atoms with Gasteiger partial charge in [0.05, 0.1) is 17.2 Å². The molecule has 0 aromatic heterocycles. The van der Waals surface area contributed by atoms with Crippen LogP contribution in [0.15, 0.2) is 18.2 Å². The fourth-order valence-electron chi connectivity index (χ4n) is 2.84. The number of anilines is 1. The molecule has 1 aromatic rings. The number of halogens is 1. The minimum Gasteiger partial charge on any atom is -0.389 e. The van der Waals surface area contributed by atoms with Crippen LogP contribution in [0.1, 0.15) is 31.9 Å². The van der Waals surface area contributed by atoms with E-state index in [2.05, 4.69) is 5.32 Å². The summed E-state index contributed by atoms with van der Waals surface area (Å²) in [5.41, 5.74) is 0.453. The van der Waals surface area contributed by atoms with Crippen molar-refractivity contribution in [2.24, 2.45) is 5.41 Å². The van der Waals surface area contributed by atoms with Crippen LogP contribution in [-0.2, 0) is 4.79 Å². The number of para-hydroxylation sites is 1. The van der Waals surface area contributed by atoms with Gasteiger partial charge in [-0.25, -0.2) is 4.39 Å². The molecule has 0 radical (unpaired) electrons. The maximum atomic E-state index is 14.1. The Morgan fingerprint density at radius 2 is 2.25 bits per heavy atom. The third-order valence-corrected chi connectivity index (χ3v) is 4.03. The number of aliphatic hydroxyl groups is 1. The Morgan fingerprint density at radius 3 is 2.85 bits per heavy atom. The van der Waals surface area contributed by atoms with E-state index in [1.54, 1.807) is 26.1 Å². The largest absolute Gasteiger partial charge is 0.389 e. The van der Waals surface area contributed by atoms with E-state index in [1.807, 2.05) is 11.8 Å². The first kappa shape index (κ1) is 14.8. The number of rotatable bonds is 3. The summed E-state index contributed by atoms with van der Waals surface area (Å²) in [6.07, 6.45) is -0.0761. The number of benzene rings is 1. The molecular weight excluding hydrogens is 259 g/mol. The number of aliphatic hydroxyl groups excluding tert-OH is 1. The normalized spacial score (nSPS) is 23.8. The van der Waals surface area contributed by atoms with Gasteiger partial charge in [-0.15, -0.1) is 0 Å². The van der Waals surface area contributed by atoms with Gasteiger partial charge in [0.15, 0.2) is 0 Å². The standard InChI is InChI=1S/C15H21FN2O2/c1-10(19)11-5-4-6-12(16)13(11)18-8-7-15(2,9-18)14(20)17-3/h4-6,10,19H,7-9H2,1-3H3,(H,17,20). The minimum atomic E-state index is -0.743. The van der Waals surface area contributed by atoms with Gasteiger partial charge in [0, 0.05) is 25.7 Å². The number of hydrogen-bond acceptors (Lipinski definition) is 3. The summed E-state index contributed by atoms with van der Waals surface area (Å²) >= 11 is 0. The lowest BCUT2D eigenvalue weighted by Crippen LogP contribution is -2.39. The zero-order valence-electron chi connectivity index (χ0n) is 12.1. The van der Waals surface area contributed by atoms with E-state index in [1.165, 1.54) is 6.07 Å². The zero-order chi connectivity index (χ0) is 14.9. The molecule has 1 saturated heterocycles. The maximum Gasteiger partial charge on any atom is 0.227 e. The monoisotopic (exact) mass is 280 g/mol. The summed E-state index contributed by atoms with van der Waals surface area (Å²) in [6, 6.07) is 4.70. The molecule has 4 nitrogen and oxygen atoms in total. The highest BCUT2D eigenvalue weighted by Gasteiger charge is 2.41. The SMILES string of the molecule is CNC(=O)C1(C)CCN(c2c(F)cccc2C(C)O)C1. The first-order valence-corrected chi connectivity index (χ1v) is 6.82. The molecule has 5 heteroatoms. The Balaban J connectivity index is 2.33. The van der Waals surface area contributed by atoms with Crippen molar-refractivity contribution < 1.29 is 14.3 Å². The van der Waals surface area contributed by atoms with Crippen molar-refractivity contribution >= 4 is 11.6 Å². The highest BCUT2D eigenvalue weighted by atomic mass is 19.1. The van der Waals surface area contributed by atoms with Crippen molar-refractivity contribution in [3.8, 4) is 0 Å². The van der Waals surface area contributed by atoms with Crippen LogP contribution >= 0.6 is 0 Å². The summed E-state index contributed by atoms with van der Waals surface area (Å²) < 4.78 is 14.1. The van der Waals surface area contributed by atoms with Gasteiger partial charge in [0.2, 0.25) is 5.91 Å². The number of carbonyl (C=O) groups excluding carboxylic acids is 1. The summed E-state index contributed by atoms with van der Waals surface area (Å²) in [5.74, 6) is -0.389. The Kier molecular flexibility index (Phi) is 3.99. The van der Waals surface area contributed by atoms with Gasteiger partial charge in [-0.05, 0) is 26.3 Å². The molecule has 0 spiro atoms. The van der Waals surface area contributed by atoms with Crippen LogP contribution in [0.25, 0.3) is 0 Å². The number of nitrogens with zero attached hydrogens (tertiary/aromatic N) is 1. The molecule has 0 saturated carbocycles. The molecule has 1 heterocycles. The van der Waals surface area contributed by atoms with Crippen molar-refractivity contribution in [3.63, 3.8) is 0 Å². The highest BCUT2D eigenvalue weighted by Crippen LogP contribution is 2.37. The van der Waals surface area contributed by atoms with Crippen LogP contribution in [0.4, 0.5) is 10.1 Å². The molecular formula is C15H21FN2O2. The fraction of sp³-hybridized carbons (Fsp3) is 0.533. The Morgan fingerprint density at radius 1 is 1.55 bits per heavy atom. The summed E-state index contributed by atoms with van der Waals surface area (Å²) in [4.78, 5) is 13.8. The molecule has 0 aliphatic carbocycles. The molecule has 110 valence electrons. The summed E-state index contributed by atoms with van der Waals surface area (Å²) in [5, 5.41) is 12.5. The van der Waals surface area contributed by atoms with Crippen LogP contribution in [-0.4, -0.2) is 31.2 Å². The third-order valence-electron chi connectivity index (χ3n) is 4.03. The molecule has 1 fully saturated rings. The van der Waals surface area contributed by atoms with Crippen LogP contribution in [0.3, 0.4) is 0 Å². The van der Waals surface area contributed by atoms with Gasteiger partial charge in [-0.1, -0.05) is 12.1 Å². The van der Waals surface area contributed by atoms with E-state index in [0.717, 1.165) is 0 Å². The predicted octanol–water partition coefficient (Wildman–Crippen LogP) is 1.84. The minimum absolute atomic E-state index is 0.0325. The molecule has 1 amide bonds. The van der Waals surface area contributed by atoms with Gasteiger partial charge < -0.3 is 15.3 Å². The van der Waals surface area contributed by atoms with E-state index in [4.69, 9.17) is 0 Å². The van der Waals surface area contributed by atoms with E-state index in [9.17, 15) is 14.3 Å². The van der Waals surface area contributed by atoms with Crippen molar-refractivity contribution in [2.75, 3.05) is 25.0 Å².